The Morgan fingerprint density at radius 1 is 0.381 bits per heavy atom. The molecule has 0 fully saturated rings. The van der Waals surface area contributed by atoms with E-state index in [-0.39, 0.29) is 0 Å². The zero-order valence-electron chi connectivity index (χ0n) is 21.0. The average molecular weight is 844 g/mol. The maximum absolute atomic E-state index is 2.31. The normalized spacial score (nSPS) is 23.4. The van der Waals surface area contributed by atoms with E-state index in [2.05, 4.69) is 79.7 Å². The van der Waals surface area contributed by atoms with Gasteiger partial charge in [0, 0.05) is 31.4 Å². The molecule has 0 N–H and O–H groups in total. The molecule has 0 aromatic rings. The summed E-state index contributed by atoms with van der Waals surface area (Å²) in [7, 11) is 0. The summed E-state index contributed by atoms with van der Waals surface area (Å²) in [6.45, 7) is 0. The maximum Gasteiger partial charge on any atom is 0.0668 e. The molecule has 0 atom stereocenters. The smallest absolute Gasteiger partial charge is 0.0668 e. The highest BCUT2D eigenvalue weighted by atomic mass is 32.3. The molecule has 0 spiro atoms. The van der Waals surface area contributed by atoms with Crippen molar-refractivity contribution < 1.29 is 0 Å². The lowest BCUT2D eigenvalue weighted by atomic mass is 10.6. The SMILES string of the molecule is C1=CSC(=CC=C2SC=C(SCSC3=C(SCSC4=CSC(=CC=C5SC=CS5)S4)SC(=CC=C4SC=CS4)S3)S2)S1. The van der Waals surface area contributed by atoms with E-state index in [0.717, 1.165) is 10.2 Å². The highest BCUT2D eigenvalue weighted by Gasteiger charge is 2.23. The van der Waals surface area contributed by atoms with Crippen LogP contribution in [0.15, 0.2) is 122 Å². The van der Waals surface area contributed by atoms with Gasteiger partial charge < -0.3 is 0 Å². The van der Waals surface area contributed by atoms with Gasteiger partial charge in [-0.2, -0.15) is 0 Å². The standard InChI is InChI=1S/C26H18S16/c1(17-27-7-8-28-17)4-20-33-13-23(39-20)35-15-37-25-26(42-22(41-25)6-3-19-31-11-12-32-19)38-16-36-24-14-34-21(40-24)5-2-18-29-9-10-30-18/h1-14H,15-16H2. The van der Waals surface area contributed by atoms with Crippen molar-refractivity contribution in [2.45, 2.75) is 0 Å². The number of rotatable bonds is 11. The lowest BCUT2D eigenvalue weighted by Gasteiger charge is -2.05. The molecule has 0 saturated heterocycles. The van der Waals surface area contributed by atoms with Crippen molar-refractivity contribution in [2.24, 2.45) is 0 Å². The first-order chi connectivity index (χ1) is 20.8. The van der Waals surface area contributed by atoms with Gasteiger partial charge in [-0.25, -0.2) is 0 Å². The molecule has 0 nitrogen and oxygen atoms in total. The lowest BCUT2D eigenvalue weighted by molar-refractivity contribution is 2.05. The third kappa shape index (κ3) is 11.3. The molecule has 6 aliphatic heterocycles. The van der Waals surface area contributed by atoms with Crippen LogP contribution in [0.3, 0.4) is 0 Å². The molecule has 0 aromatic carbocycles. The molecule has 0 bridgehead atoms. The topological polar surface area (TPSA) is 0 Å². The van der Waals surface area contributed by atoms with Crippen molar-refractivity contribution in [3.05, 3.63) is 122 Å². The molecule has 218 valence electrons. The minimum atomic E-state index is 1.03. The van der Waals surface area contributed by atoms with Crippen LogP contribution in [0, 0.1) is 0 Å². The predicted molar refractivity (Wildman–Crippen MR) is 230 cm³/mol. The molecule has 6 rings (SSSR count). The second-order valence-electron chi connectivity index (χ2n) is 7.34. The van der Waals surface area contributed by atoms with Gasteiger partial charge in [-0.1, -0.05) is 141 Å². The van der Waals surface area contributed by atoms with Crippen molar-refractivity contribution in [1.29, 1.82) is 0 Å². The van der Waals surface area contributed by atoms with Crippen molar-refractivity contribution in [3.8, 4) is 0 Å². The number of allylic oxidation sites excluding steroid dienone is 6. The van der Waals surface area contributed by atoms with Crippen LogP contribution in [0.25, 0.3) is 0 Å². The van der Waals surface area contributed by atoms with E-state index in [0.29, 0.717) is 0 Å². The van der Waals surface area contributed by atoms with Gasteiger partial charge in [-0.05, 0) is 79.7 Å². The van der Waals surface area contributed by atoms with E-state index in [1.165, 1.54) is 42.4 Å². The summed E-state index contributed by atoms with van der Waals surface area (Å²) >= 11 is 30.1. The number of thioether (sulfide) groups is 16. The Morgan fingerprint density at radius 2 is 0.738 bits per heavy atom. The molecular weight excluding hydrogens is 825 g/mol. The highest BCUT2D eigenvalue weighted by molar-refractivity contribution is 8.44. The Balaban J connectivity index is 0.992. The minimum Gasteiger partial charge on any atom is -0.107 e. The zero-order chi connectivity index (χ0) is 28.4. The Labute approximate surface area is 316 Å². The molecule has 0 saturated carbocycles. The molecule has 42 heavy (non-hydrogen) atoms. The van der Waals surface area contributed by atoms with Crippen LogP contribution in [0.1, 0.15) is 0 Å². The van der Waals surface area contributed by atoms with Gasteiger partial charge in [0.2, 0.25) is 0 Å². The molecular formula is C26H18S16. The van der Waals surface area contributed by atoms with Crippen molar-refractivity contribution in [1.82, 2.24) is 0 Å². The van der Waals surface area contributed by atoms with Crippen molar-refractivity contribution in [3.63, 3.8) is 0 Å². The van der Waals surface area contributed by atoms with Gasteiger partial charge >= 0.3 is 0 Å². The predicted octanol–water partition coefficient (Wildman–Crippen LogP) is 15.9. The van der Waals surface area contributed by atoms with Crippen LogP contribution in [0.4, 0.5) is 0 Å². The van der Waals surface area contributed by atoms with E-state index in [4.69, 9.17) is 0 Å². The summed E-state index contributed by atoms with van der Waals surface area (Å²) in [6, 6.07) is 0. The highest BCUT2D eigenvalue weighted by Crippen LogP contribution is 2.60. The minimum absolute atomic E-state index is 1.03. The van der Waals surface area contributed by atoms with E-state index >= 15 is 0 Å². The fraction of sp³-hybridized carbons (Fsp3) is 0.0769. The van der Waals surface area contributed by atoms with Crippen LogP contribution in [-0.4, -0.2) is 10.2 Å². The van der Waals surface area contributed by atoms with Crippen LogP contribution >= 0.6 is 188 Å². The quantitative estimate of drug-likeness (QED) is 0.181. The van der Waals surface area contributed by atoms with E-state index in [9.17, 15) is 0 Å². The molecule has 6 heterocycles. The van der Waals surface area contributed by atoms with E-state index < -0.39 is 0 Å². The van der Waals surface area contributed by atoms with Crippen LogP contribution in [0.2, 0.25) is 0 Å². The van der Waals surface area contributed by atoms with Crippen LogP contribution in [0.5, 0.6) is 0 Å². The summed E-state index contributed by atoms with van der Waals surface area (Å²) in [4.78, 5) is 0. The summed E-state index contributed by atoms with van der Waals surface area (Å²) < 4.78 is 13.8. The third-order valence-electron chi connectivity index (χ3n) is 4.62. The Kier molecular flexibility index (Phi) is 15.4. The number of hydrogen-bond donors (Lipinski definition) is 0. The third-order valence-corrected chi connectivity index (χ3v) is 23.6. The Hall–Kier alpha value is 2.48. The fourth-order valence-corrected chi connectivity index (χ4v) is 21.2. The largest absolute Gasteiger partial charge is 0.107 e. The Morgan fingerprint density at radius 3 is 1.14 bits per heavy atom. The zero-order valence-corrected chi connectivity index (χ0v) is 34.1. The van der Waals surface area contributed by atoms with Gasteiger partial charge in [0.1, 0.15) is 0 Å². The first-order valence-corrected chi connectivity index (χ1v) is 25.9. The van der Waals surface area contributed by atoms with E-state index in [1.807, 2.05) is 118 Å². The van der Waals surface area contributed by atoms with Crippen LogP contribution in [-0.2, 0) is 0 Å². The molecule has 0 unspecified atom stereocenters. The van der Waals surface area contributed by atoms with Gasteiger partial charge in [0.25, 0.3) is 0 Å². The molecule has 0 aromatic heterocycles. The summed E-state index contributed by atoms with van der Waals surface area (Å²) in [5.74, 6) is 0. The summed E-state index contributed by atoms with van der Waals surface area (Å²) in [6.07, 6.45) is 13.6. The number of hydrogen-bond acceptors (Lipinski definition) is 16. The molecule has 6 aliphatic rings. The van der Waals surface area contributed by atoms with E-state index in [1.54, 1.807) is 70.6 Å². The lowest BCUT2D eigenvalue weighted by Crippen LogP contribution is -1.76. The molecule has 16 heteroatoms. The van der Waals surface area contributed by atoms with Gasteiger partial charge in [-0.15, -0.1) is 47.0 Å². The fourth-order valence-electron chi connectivity index (χ4n) is 2.89. The maximum atomic E-state index is 2.31. The van der Waals surface area contributed by atoms with Gasteiger partial charge in [0.05, 0.1) is 21.2 Å². The summed E-state index contributed by atoms with van der Waals surface area (Å²) in [5, 5.41) is 19.6. The first kappa shape index (κ1) is 34.3. The molecule has 0 amide bonds. The first-order valence-electron chi connectivity index (χ1n) is 11.7. The Bertz CT molecular complexity index is 1310. The summed E-state index contributed by atoms with van der Waals surface area (Å²) in [5.41, 5.74) is 0. The average Bonchev–Trinajstić information content (AvgIpc) is 3.83. The molecule has 0 radical (unpaired) electrons. The van der Waals surface area contributed by atoms with Crippen molar-refractivity contribution >= 4 is 188 Å². The molecule has 0 aliphatic carbocycles. The monoisotopic (exact) mass is 842 g/mol. The van der Waals surface area contributed by atoms with Crippen molar-refractivity contribution in [2.75, 3.05) is 10.2 Å². The van der Waals surface area contributed by atoms with Crippen LogP contribution < -0.4 is 0 Å². The van der Waals surface area contributed by atoms with Gasteiger partial charge in [-0.3, -0.25) is 0 Å². The second-order valence-corrected chi connectivity index (χ2v) is 26.4. The second kappa shape index (κ2) is 18.9. The van der Waals surface area contributed by atoms with Gasteiger partial charge in [0.15, 0.2) is 0 Å².